The molecule has 0 amide bonds. The largest absolute Gasteiger partial charge is 0.877 e. The number of aliphatic hydroxyl groups excluding tert-OH is 2. The summed E-state index contributed by atoms with van der Waals surface area (Å²) in [5.74, 6) is 0.393. The van der Waals surface area contributed by atoms with Gasteiger partial charge in [0, 0.05) is 29.9 Å². The van der Waals surface area contributed by atoms with Crippen molar-refractivity contribution in [2.45, 2.75) is 156 Å². The van der Waals surface area contributed by atoms with E-state index in [1.165, 1.54) is 12.8 Å². The number of rotatable bonds is 9. The molecule has 0 spiro atoms. The zero-order valence-electron chi connectivity index (χ0n) is 37.0. The van der Waals surface area contributed by atoms with Gasteiger partial charge in [-0.2, -0.15) is 0 Å². The minimum Gasteiger partial charge on any atom is -0.877 e. The van der Waals surface area contributed by atoms with E-state index in [2.05, 4.69) is 65.1 Å². The van der Waals surface area contributed by atoms with Crippen LogP contribution in [0.2, 0.25) is 0 Å². The molecule has 59 heavy (non-hydrogen) atoms. The summed E-state index contributed by atoms with van der Waals surface area (Å²) in [5, 5.41) is 38.0. The van der Waals surface area contributed by atoms with Crippen LogP contribution in [0.3, 0.4) is 0 Å². The van der Waals surface area contributed by atoms with Crippen LogP contribution in [0.4, 0.5) is 0 Å². The molecule has 0 aromatic heterocycles. The van der Waals surface area contributed by atoms with E-state index >= 15 is 0 Å². The summed E-state index contributed by atoms with van der Waals surface area (Å²) >= 11 is 0. The highest BCUT2D eigenvalue weighted by atomic mass is 16.6. The molecule has 0 bridgehead atoms. The standard InChI is InChI=1S/C51H68N2O6/c1-28-20-29(2)22-31(21-28)35(27-54)33-25-53(36-16-19-52-43(33)36)26-34-42-41(30(3)23-37(55)46-47(4,5)59-46)38(56)24-50(42,8)49(7)18-14-39-48(6,45(49)44(34)58)17-15-40(57)51(39,9)32-12-10-11-13-32/h16,19-22,25,27,30,32,34,36-37,39,44-46,54-55,58H,10-15,17-18,23-24,26H2,1-9H3/t30-,34+,36?,37-,39-,44-,45+,46+,48+,49+,50-,51+/m1/s1. The summed E-state index contributed by atoms with van der Waals surface area (Å²) in [6.45, 7) is 20.1. The number of fused-ring (bicyclic) bond motifs is 6. The zero-order valence-corrected chi connectivity index (χ0v) is 37.0. The number of quaternary nitrogens is 1. The highest BCUT2D eigenvalue weighted by Gasteiger charge is 2.73. The van der Waals surface area contributed by atoms with Crippen molar-refractivity contribution in [2.75, 3.05) is 6.54 Å². The minimum atomic E-state index is -0.759. The number of aliphatic hydroxyl groups is 2. The molecule has 1 aromatic carbocycles. The summed E-state index contributed by atoms with van der Waals surface area (Å²) in [6, 6.07) is 6.11. The Balaban J connectivity index is 1.16. The third-order valence-corrected chi connectivity index (χ3v) is 18.3. The first-order valence-corrected chi connectivity index (χ1v) is 22.9. The monoisotopic (exact) mass is 805 g/mol. The number of hydrogen-bond donors (Lipinski definition) is 3. The first-order chi connectivity index (χ1) is 27.8. The summed E-state index contributed by atoms with van der Waals surface area (Å²) in [5.41, 5.74) is 5.24. The Bertz CT molecular complexity index is 2100. The topological polar surface area (TPSA) is 127 Å². The summed E-state index contributed by atoms with van der Waals surface area (Å²) < 4.78 is 5.87. The molecule has 1 saturated heterocycles. The SMILES string of the molecule is Cc1cc(C)cc(C(=C[O-])C2=C[NH+](C[C@H]3C4=C([C@H](C)C[C@@H](O)[C@@H]5OC5(C)C)C(=O)C[C@@]4(C)[C@@]4(C)CC[C@@H]5[C@](C)(CCC(=O)[C@@]5(C)C5CCCC5)[C@@H]4[C@@H]3O)C3C=CN=C23)c1. The number of hydrogen-bond acceptors (Lipinski definition) is 7. The molecule has 8 aliphatic rings. The molecule has 0 radical (unpaired) electrons. The molecule has 3 N–H and O–H groups in total. The van der Waals surface area contributed by atoms with E-state index in [1.807, 2.05) is 33.9 Å². The van der Waals surface area contributed by atoms with E-state index in [9.17, 15) is 24.9 Å². The van der Waals surface area contributed by atoms with Crippen LogP contribution >= 0.6 is 0 Å². The molecule has 13 atom stereocenters. The fourth-order valence-electron chi connectivity index (χ4n) is 15.5. The molecule has 8 nitrogen and oxygen atoms in total. The van der Waals surface area contributed by atoms with Gasteiger partial charge in [0.25, 0.3) is 0 Å². The molecule has 5 fully saturated rings. The van der Waals surface area contributed by atoms with Crippen molar-refractivity contribution < 1.29 is 34.5 Å². The average Bonchev–Trinajstić information content (AvgIpc) is 3.74. The van der Waals surface area contributed by atoms with Crippen molar-refractivity contribution in [3.63, 3.8) is 0 Å². The second-order valence-corrected chi connectivity index (χ2v) is 22.0. The predicted molar refractivity (Wildman–Crippen MR) is 228 cm³/mol. The highest BCUT2D eigenvalue weighted by molar-refractivity contribution is 6.17. The van der Waals surface area contributed by atoms with Gasteiger partial charge < -0.3 is 20.1 Å². The summed E-state index contributed by atoms with van der Waals surface area (Å²) in [6.07, 6.45) is 13.8. The fraction of sp³-hybridized carbons (Fsp3) is 0.667. The molecule has 4 saturated carbocycles. The van der Waals surface area contributed by atoms with Crippen molar-refractivity contribution in [2.24, 2.45) is 56.2 Å². The molecule has 9 rings (SSSR count). The number of benzene rings is 1. The molecule has 3 heterocycles. The lowest BCUT2D eigenvalue weighted by molar-refractivity contribution is -0.856. The van der Waals surface area contributed by atoms with E-state index in [-0.39, 0.29) is 58.0 Å². The Morgan fingerprint density at radius 2 is 1.71 bits per heavy atom. The number of carbonyl (C=O) groups excluding carboxylic acids is 2. The van der Waals surface area contributed by atoms with Crippen molar-refractivity contribution in [3.8, 4) is 0 Å². The number of epoxide rings is 1. The molecular weight excluding hydrogens is 737 g/mol. The number of aryl methyl sites for hydroxylation is 2. The number of ketones is 2. The Hall–Kier alpha value is -3.17. The van der Waals surface area contributed by atoms with Gasteiger partial charge in [0.05, 0.1) is 35.8 Å². The number of ether oxygens (including phenoxy) is 1. The Kier molecular flexibility index (Phi) is 9.72. The number of allylic oxidation sites excluding steroid dienone is 2. The number of nitrogens with zero attached hydrogens (tertiary/aromatic N) is 1. The molecule has 1 aromatic rings. The Labute approximate surface area is 352 Å². The second kappa shape index (κ2) is 13.9. The Morgan fingerprint density at radius 3 is 2.36 bits per heavy atom. The maximum atomic E-state index is 14.9. The highest BCUT2D eigenvalue weighted by Crippen LogP contribution is 2.75. The maximum absolute atomic E-state index is 14.9. The third kappa shape index (κ3) is 5.92. The van der Waals surface area contributed by atoms with Crippen LogP contribution in [0.25, 0.3) is 5.57 Å². The van der Waals surface area contributed by atoms with Crippen LogP contribution < -0.4 is 10.0 Å². The van der Waals surface area contributed by atoms with Gasteiger partial charge in [-0.3, -0.25) is 19.5 Å². The van der Waals surface area contributed by atoms with Crippen LogP contribution in [0.5, 0.6) is 0 Å². The van der Waals surface area contributed by atoms with E-state index in [0.717, 1.165) is 82.4 Å². The van der Waals surface area contributed by atoms with Gasteiger partial charge in [0.2, 0.25) is 0 Å². The summed E-state index contributed by atoms with van der Waals surface area (Å²) in [7, 11) is 0. The van der Waals surface area contributed by atoms with Gasteiger partial charge in [0.1, 0.15) is 23.8 Å². The van der Waals surface area contributed by atoms with E-state index in [1.54, 1.807) is 0 Å². The van der Waals surface area contributed by atoms with Gasteiger partial charge in [-0.25, -0.2) is 0 Å². The first kappa shape index (κ1) is 41.2. The molecule has 318 valence electrons. The third-order valence-electron chi connectivity index (χ3n) is 18.3. The van der Waals surface area contributed by atoms with Gasteiger partial charge >= 0.3 is 0 Å². The molecular formula is C51H68N2O6. The number of Topliss-reactive ketones (excluding diaryl/α,β-unsaturated/α-hetero) is 2. The van der Waals surface area contributed by atoms with Crippen molar-refractivity contribution in [3.05, 3.63) is 76.3 Å². The lowest BCUT2D eigenvalue weighted by atomic mass is 9.34. The van der Waals surface area contributed by atoms with E-state index in [4.69, 9.17) is 9.73 Å². The maximum Gasteiger partial charge on any atom is 0.160 e. The average molecular weight is 805 g/mol. The normalized spacial score (nSPS) is 42.3. The van der Waals surface area contributed by atoms with Gasteiger partial charge in [-0.15, -0.1) is 6.26 Å². The smallest absolute Gasteiger partial charge is 0.160 e. The molecule has 2 unspecified atom stereocenters. The fourth-order valence-corrected chi connectivity index (χ4v) is 15.5. The molecule has 5 aliphatic carbocycles. The quantitative estimate of drug-likeness (QED) is 0.192. The predicted octanol–water partition coefficient (Wildman–Crippen LogP) is 6.55. The number of carbonyl (C=O) groups is 2. The molecule has 8 heteroatoms. The van der Waals surface area contributed by atoms with E-state index < -0.39 is 23.0 Å². The second-order valence-electron chi connectivity index (χ2n) is 22.0. The van der Waals surface area contributed by atoms with Gasteiger partial charge in [0.15, 0.2) is 11.8 Å². The number of nitrogens with one attached hydrogen (secondary N) is 1. The van der Waals surface area contributed by atoms with Crippen molar-refractivity contribution in [1.82, 2.24) is 0 Å². The zero-order chi connectivity index (χ0) is 42.2. The van der Waals surface area contributed by atoms with Crippen LogP contribution in [-0.2, 0) is 14.3 Å². The lowest BCUT2D eigenvalue weighted by Crippen LogP contribution is -3.11. The van der Waals surface area contributed by atoms with Crippen molar-refractivity contribution >= 4 is 22.9 Å². The number of aliphatic imine (C=N–C) groups is 1. The van der Waals surface area contributed by atoms with Crippen LogP contribution in [0.15, 0.2) is 64.6 Å². The van der Waals surface area contributed by atoms with Crippen LogP contribution in [0.1, 0.15) is 129 Å². The Morgan fingerprint density at radius 1 is 1.03 bits per heavy atom. The van der Waals surface area contributed by atoms with Crippen LogP contribution in [0, 0.1) is 65.1 Å². The first-order valence-electron chi connectivity index (χ1n) is 22.9. The van der Waals surface area contributed by atoms with E-state index in [0.29, 0.717) is 43.1 Å². The lowest BCUT2D eigenvalue weighted by Gasteiger charge is -2.70. The minimum absolute atomic E-state index is 0.125. The van der Waals surface area contributed by atoms with Gasteiger partial charge in [-0.1, -0.05) is 76.8 Å². The van der Waals surface area contributed by atoms with Gasteiger partial charge in [-0.05, 0) is 129 Å². The molecule has 3 aliphatic heterocycles. The van der Waals surface area contributed by atoms with Crippen molar-refractivity contribution in [1.29, 1.82) is 0 Å². The summed E-state index contributed by atoms with van der Waals surface area (Å²) in [4.78, 5) is 35.1. The van der Waals surface area contributed by atoms with Crippen LogP contribution in [-0.4, -0.2) is 64.0 Å².